The number of likely N-dealkylation sites (N-methyl/N-ethyl adjacent to an activating group) is 1. The van der Waals surface area contributed by atoms with Gasteiger partial charge in [0.25, 0.3) is 0 Å². The molecule has 0 saturated carbocycles. The van der Waals surface area contributed by atoms with E-state index in [9.17, 15) is 8.78 Å². The standard InChI is InChI=1S/C18H21F2N/c1-4-21-17(11-14-7-5-6-8-16(14)19)15-9-12(2)18(20)13(3)10-15/h5-10,17,21H,4,11H2,1-3H3. The predicted octanol–water partition coefficient (Wildman–Crippen LogP) is 4.47. The van der Waals surface area contributed by atoms with Crippen LogP contribution in [-0.4, -0.2) is 6.54 Å². The first-order valence-corrected chi connectivity index (χ1v) is 7.26. The Morgan fingerprint density at radius 2 is 1.67 bits per heavy atom. The van der Waals surface area contributed by atoms with Crippen molar-refractivity contribution in [3.63, 3.8) is 0 Å². The van der Waals surface area contributed by atoms with Crippen LogP contribution in [0.3, 0.4) is 0 Å². The molecule has 1 unspecified atom stereocenters. The molecule has 0 heterocycles. The van der Waals surface area contributed by atoms with Gasteiger partial charge < -0.3 is 5.32 Å². The molecule has 2 aromatic rings. The summed E-state index contributed by atoms with van der Waals surface area (Å²) in [5.74, 6) is -0.365. The Bertz CT molecular complexity index is 599. The first kappa shape index (κ1) is 15.6. The van der Waals surface area contributed by atoms with Crippen molar-refractivity contribution in [2.75, 3.05) is 6.54 Å². The number of benzene rings is 2. The van der Waals surface area contributed by atoms with E-state index < -0.39 is 0 Å². The van der Waals surface area contributed by atoms with Crippen molar-refractivity contribution < 1.29 is 8.78 Å². The number of aryl methyl sites for hydroxylation is 2. The molecule has 2 rings (SSSR count). The number of rotatable bonds is 5. The van der Waals surface area contributed by atoms with Crippen LogP contribution in [0.25, 0.3) is 0 Å². The van der Waals surface area contributed by atoms with Gasteiger partial charge in [-0.05, 0) is 55.1 Å². The Kier molecular flexibility index (Phi) is 5.07. The van der Waals surface area contributed by atoms with E-state index in [4.69, 9.17) is 0 Å². The first-order valence-electron chi connectivity index (χ1n) is 7.26. The van der Waals surface area contributed by atoms with E-state index in [1.165, 1.54) is 6.07 Å². The van der Waals surface area contributed by atoms with E-state index in [2.05, 4.69) is 5.32 Å². The highest BCUT2D eigenvalue weighted by Crippen LogP contribution is 2.24. The minimum absolute atomic E-state index is 0.0232. The molecule has 0 amide bonds. The summed E-state index contributed by atoms with van der Waals surface area (Å²) in [6, 6.07) is 10.5. The van der Waals surface area contributed by atoms with Crippen LogP contribution < -0.4 is 5.32 Å². The lowest BCUT2D eigenvalue weighted by atomic mass is 9.95. The van der Waals surface area contributed by atoms with Crippen LogP contribution in [-0.2, 0) is 6.42 Å². The summed E-state index contributed by atoms with van der Waals surface area (Å²) in [6.07, 6.45) is 0.547. The van der Waals surface area contributed by atoms with Crippen molar-refractivity contribution in [3.05, 3.63) is 70.3 Å². The molecule has 21 heavy (non-hydrogen) atoms. The number of nitrogens with one attached hydrogen (secondary N) is 1. The van der Waals surface area contributed by atoms with Gasteiger partial charge in [0.2, 0.25) is 0 Å². The van der Waals surface area contributed by atoms with E-state index in [1.807, 2.05) is 25.1 Å². The van der Waals surface area contributed by atoms with E-state index in [1.54, 1.807) is 26.0 Å². The lowest BCUT2D eigenvalue weighted by molar-refractivity contribution is 0.525. The number of hydrogen-bond acceptors (Lipinski definition) is 1. The number of halogens is 2. The van der Waals surface area contributed by atoms with Crippen molar-refractivity contribution in [2.24, 2.45) is 0 Å². The van der Waals surface area contributed by atoms with Gasteiger partial charge in [0.1, 0.15) is 11.6 Å². The highest BCUT2D eigenvalue weighted by molar-refractivity contribution is 5.33. The minimum atomic E-state index is -0.198. The first-order chi connectivity index (χ1) is 10.0. The fourth-order valence-corrected chi connectivity index (χ4v) is 2.62. The van der Waals surface area contributed by atoms with Gasteiger partial charge in [0.05, 0.1) is 0 Å². The fraction of sp³-hybridized carbons (Fsp3) is 0.333. The van der Waals surface area contributed by atoms with Crippen molar-refractivity contribution in [1.29, 1.82) is 0 Å². The summed E-state index contributed by atoms with van der Waals surface area (Å²) in [5, 5.41) is 3.36. The van der Waals surface area contributed by atoms with Crippen LogP contribution in [0.5, 0.6) is 0 Å². The summed E-state index contributed by atoms with van der Waals surface area (Å²) < 4.78 is 27.6. The monoisotopic (exact) mass is 289 g/mol. The third-order valence-electron chi connectivity index (χ3n) is 3.69. The maximum atomic E-state index is 13.8. The van der Waals surface area contributed by atoms with E-state index in [0.717, 1.165) is 12.1 Å². The molecule has 112 valence electrons. The molecular weight excluding hydrogens is 268 g/mol. The second kappa shape index (κ2) is 6.81. The summed E-state index contributed by atoms with van der Waals surface area (Å²) in [5.41, 5.74) is 2.92. The Balaban J connectivity index is 2.33. The quantitative estimate of drug-likeness (QED) is 0.856. The van der Waals surface area contributed by atoms with Crippen molar-refractivity contribution >= 4 is 0 Å². The summed E-state index contributed by atoms with van der Waals surface area (Å²) in [4.78, 5) is 0. The molecule has 0 aliphatic heterocycles. The molecule has 0 aromatic heterocycles. The second-order valence-corrected chi connectivity index (χ2v) is 5.37. The SMILES string of the molecule is CCNC(Cc1ccccc1F)c1cc(C)c(F)c(C)c1. The third kappa shape index (κ3) is 3.67. The molecular formula is C18H21F2N. The van der Waals surface area contributed by atoms with Crippen LogP contribution >= 0.6 is 0 Å². The zero-order chi connectivity index (χ0) is 15.4. The molecule has 0 bridgehead atoms. The van der Waals surface area contributed by atoms with Crippen LogP contribution in [0, 0.1) is 25.5 Å². The van der Waals surface area contributed by atoms with Gasteiger partial charge in [-0.2, -0.15) is 0 Å². The molecule has 0 saturated heterocycles. The zero-order valence-electron chi connectivity index (χ0n) is 12.7. The summed E-state index contributed by atoms with van der Waals surface area (Å²) in [6.45, 7) is 6.31. The van der Waals surface area contributed by atoms with Gasteiger partial charge in [0, 0.05) is 6.04 Å². The van der Waals surface area contributed by atoms with Crippen molar-refractivity contribution in [1.82, 2.24) is 5.32 Å². The molecule has 0 aliphatic carbocycles. The summed E-state index contributed by atoms with van der Waals surface area (Å²) >= 11 is 0. The lowest BCUT2D eigenvalue weighted by Gasteiger charge is -2.20. The minimum Gasteiger partial charge on any atom is -0.310 e. The lowest BCUT2D eigenvalue weighted by Crippen LogP contribution is -2.23. The normalized spacial score (nSPS) is 12.4. The Morgan fingerprint density at radius 1 is 1.05 bits per heavy atom. The molecule has 1 atom stereocenters. The second-order valence-electron chi connectivity index (χ2n) is 5.37. The van der Waals surface area contributed by atoms with E-state index >= 15 is 0 Å². The highest BCUT2D eigenvalue weighted by Gasteiger charge is 2.15. The van der Waals surface area contributed by atoms with Crippen LogP contribution in [0.1, 0.15) is 35.2 Å². The van der Waals surface area contributed by atoms with Gasteiger partial charge in [-0.15, -0.1) is 0 Å². The number of hydrogen-bond donors (Lipinski definition) is 1. The van der Waals surface area contributed by atoms with Crippen LogP contribution in [0.4, 0.5) is 8.78 Å². The molecule has 0 fully saturated rings. The smallest absolute Gasteiger partial charge is 0.129 e. The molecule has 0 radical (unpaired) electrons. The maximum Gasteiger partial charge on any atom is 0.129 e. The summed E-state index contributed by atoms with van der Waals surface area (Å²) in [7, 11) is 0. The molecule has 2 aromatic carbocycles. The van der Waals surface area contributed by atoms with Gasteiger partial charge >= 0.3 is 0 Å². The average Bonchev–Trinajstić information content (AvgIpc) is 2.46. The third-order valence-corrected chi connectivity index (χ3v) is 3.69. The van der Waals surface area contributed by atoms with Crippen LogP contribution in [0.2, 0.25) is 0 Å². The average molecular weight is 289 g/mol. The Morgan fingerprint density at radius 3 is 2.24 bits per heavy atom. The van der Waals surface area contributed by atoms with Crippen molar-refractivity contribution in [3.8, 4) is 0 Å². The Hall–Kier alpha value is -1.74. The molecule has 1 N–H and O–H groups in total. The van der Waals surface area contributed by atoms with Gasteiger partial charge in [-0.25, -0.2) is 8.78 Å². The molecule has 1 nitrogen and oxygen atoms in total. The van der Waals surface area contributed by atoms with E-state index in [-0.39, 0.29) is 17.7 Å². The largest absolute Gasteiger partial charge is 0.310 e. The van der Waals surface area contributed by atoms with Crippen LogP contribution in [0.15, 0.2) is 36.4 Å². The predicted molar refractivity (Wildman–Crippen MR) is 82.4 cm³/mol. The van der Waals surface area contributed by atoms with Crippen molar-refractivity contribution in [2.45, 2.75) is 33.2 Å². The topological polar surface area (TPSA) is 12.0 Å². The molecule has 0 spiro atoms. The van der Waals surface area contributed by atoms with Gasteiger partial charge in [-0.3, -0.25) is 0 Å². The van der Waals surface area contributed by atoms with Gasteiger partial charge in [-0.1, -0.05) is 37.3 Å². The molecule has 0 aliphatic rings. The van der Waals surface area contributed by atoms with Gasteiger partial charge in [0.15, 0.2) is 0 Å². The Labute approximate surface area is 125 Å². The molecule has 3 heteroatoms. The zero-order valence-corrected chi connectivity index (χ0v) is 12.7. The highest BCUT2D eigenvalue weighted by atomic mass is 19.1. The van der Waals surface area contributed by atoms with E-state index in [0.29, 0.717) is 23.1 Å². The fourth-order valence-electron chi connectivity index (χ4n) is 2.62. The maximum absolute atomic E-state index is 13.8.